The number of hydrogen-bond acceptors (Lipinski definition) is 7. The molecule has 6 N–H and O–H groups in total. The summed E-state index contributed by atoms with van der Waals surface area (Å²) >= 11 is 0. The summed E-state index contributed by atoms with van der Waals surface area (Å²) < 4.78 is 4.95. The van der Waals surface area contributed by atoms with Crippen molar-refractivity contribution in [1.82, 2.24) is 0 Å². The van der Waals surface area contributed by atoms with Crippen molar-refractivity contribution in [2.24, 2.45) is 0 Å². The van der Waals surface area contributed by atoms with Crippen molar-refractivity contribution in [2.45, 2.75) is 36.6 Å². The molecule has 1 aliphatic rings. The van der Waals surface area contributed by atoms with Gasteiger partial charge in [0.2, 0.25) is 0 Å². The molecule has 0 aliphatic carbocycles. The minimum absolute atomic E-state index is 0.503. The number of aliphatic hydroxyl groups is 6. The molecule has 1 saturated heterocycles. The molecular formula is C8H16O7. The van der Waals surface area contributed by atoms with Crippen LogP contribution in [-0.4, -0.2) is 80.5 Å². The summed E-state index contributed by atoms with van der Waals surface area (Å²) in [7, 11) is 0. The molecule has 0 saturated carbocycles. The molecule has 0 aromatic heterocycles. The molecule has 7 nitrogen and oxygen atoms in total. The number of rotatable bonds is 4. The van der Waals surface area contributed by atoms with Crippen LogP contribution in [0.1, 0.15) is 0 Å². The lowest BCUT2D eigenvalue weighted by molar-refractivity contribution is -0.122. The first-order valence-corrected chi connectivity index (χ1v) is 4.62. The molecular weight excluding hydrogens is 208 g/mol. The van der Waals surface area contributed by atoms with E-state index >= 15 is 0 Å². The monoisotopic (exact) mass is 224 g/mol. The van der Waals surface area contributed by atoms with Crippen LogP contribution in [0.3, 0.4) is 0 Å². The SMILES string of the molecule is OCC1O[C@H]([C@H](O)[C@@H](O)CO)[C@H](O)[C@@H]1O. The quantitative estimate of drug-likeness (QED) is 0.288. The van der Waals surface area contributed by atoms with E-state index in [9.17, 15) is 15.3 Å². The van der Waals surface area contributed by atoms with E-state index in [1.165, 1.54) is 0 Å². The smallest absolute Gasteiger partial charge is 0.115 e. The Hall–Kier alpha value is -0.280. The van der Waals surface area contributed by atoms with Crippen LogP contribution in [-0.2, 0) is 4.74 Å². The standard InChI is InChI=1S/C8H16O7/c9-1-3(11)5(12)8-7(14)6(13)4(2-10)15-8/h3-14H,1-2H2/t3-,4?,5+,6+,7+,8+/m0/s1. The highest BCUT2D eigenvalue weighted by molar-refractivity contribution is 4.95. The summed E-state index contributed by atoms with van der Waals surface area (Å²) in [6.07, 6.45) is -7.92. The van der Waals surface area contributed by atoms with Gasteiger partial charge in [-0.2, -0.15) is 0 Å². The summed E-state index contributed by atoms with van der Waals surface area (Å²) in [5.74, 6) is 0. The zero-order chi connectivity index (χ0) is 11.6. The Labute approximate surface area is 86.2 Å². The van der Waals surface area contributed by atoms with Crippen LogP contribution in [0.25, 0.3) is 0 Å². The molecule has 1 unspecified atom stereocenters. The third-order valence-corrected chi connectivity index (χ3v) is 2.50. The first kappa shape index (κ1) is 12.8. The minimum Gasteiger partial charge on any atom is -0.394 e. The van der Waals surface area contributed by atoms with Gasteiger partial charge in [-0.15, -0.1) is 0 Å². The maximum atomic E-state index is 9.43. The third-order valence-electron chi connectivity index (χ3n) is 2.50. The first-order valence-electron chi connectivity index (χ1n) is 4.62. The Morgan fingerprint density at radius 3 is 2.07 bits per heavy atom. The molecule has 0 amide bonds. The highest BCUT2D eigenvalue weighted by atomic mass is 16.6. The molecule has 90 valence electrons. The number of hydrogen-bond donors (Lipinski definition) is 6. The lowest BCUT2D eigenvalue weighted by atomic mass is 10.0. The molecule has 1 aliphatic heterocycles. The van der Waals surface area contributed by atoms with Crippen molar-refractivity contribution in [3.63, 3.8) is 0 Å². The summed E-state index contributed by atoms with van der Waals surface area (Å²) in [6.45, 7) is -1.19. The van der Waals surface area contributed by atoms with Gasteiger partial charge in [-0.05, 0) is 0 Å². The number of aliphatic hydroxyl groups excluding tert-OH is 6. The predicted octanol–water partition coefficient (Wildman–Crippen LogP) is -3.82. The Kier molecular flexibility index (Phi) is 4.41. The van der Waals surface area contributed by atoms with Gasteiger partial charge in [0.05, 0.1) is 13.2 Å². The molecule has 1 fully saturated rings. The molecule has 15 heavy (non-hydrogen) atoms. The molecule has 0 aromatic carbocycles. The highest BCUT2D eigenvalue weighted by Crippen LogP contribution is 2.24. The van der Waals surface area contributed by atoms with Crippen molar-refractivity contribution >= 4 is 0 Å². The van der Waals surface area contributed by atoms with Crippen LogP contribution in [0.2, 0.25) is 0 Å². The fourth-order valence-corrected chi connectivity index (χ4v) is 1.54. The van der Waals surface area contributed by atoms with Gasteiger partial charge in [-0.25, -0.2) is 0 Å². The van der Waals surface area contributed by atoms with E-state index in [1.54, 1.807) is 0 Å². The van der Waals surface area contributed by atoms with Gasteiger partial charge in [0.25, 0.3) is 0 Å². The van der Waals surface area contributed by atoms with Crippen LogP contribution >= 0.6 is 0 Å². The first-order chi connectivity index (χ1) is 7.02. The zero-order valence-electron chi connectivity index (χ0n) is 7.97. The fraction of sp³-hybridized carbons (Fsp3) is 1.00. The second kappa shape index (κ2) is 5.17. The zero-order valence-corrected chi connectivity index (χ0v) is 7.97. The predicted molar refractivity (Wildman–Crippen MR) is 46.9 cm³/mol. The molecule has 7 heteroatoms. The van der Waals surface area contributed by atoms with Gasteiger partial charge in [0.1, 0.15) is 36.6 Å². The Morgan fingerprint density at radius 2 is 1.67 bits per heavy atom. The average molecular weight is 224 g/mol. The summed E-state index contributed by atoms with van der Waals surface area (Å²) in [4.78, 5) is 0. The second-order valence-corrected chi connectivity index (χ2v) is 3.54. The summed E-state index contributed by atoms with van der Waals surface area (Å²) in [6, 6.07) is 0. The topological polar surface area (TPSA) is 131 Å². The van der Waals surface area contributed by atoms with Gasteiger partial charge < -0.3 is 35.4 Å². The minimum atomic E-state index is -1.52. The van der Waals surface area contributed by atoms with Gasteiger partial charge in [0, 0.05) is 0 Å². The van der Waals surface area contributed by atoms with Crippen LogP contribution in [0.4, 0.5) is 0 Å². The van der Waals surface area contributed by atoms with Crippen molar-refractivity contribution in [1.29, 1.82) is 0 Å². The van der Waals surface area contributed by atoms with Crippen molar-refractivity contribution < 1.29 is 35.4 Å². The van der Waals surface area contributed by atoms with Gasteiger partial charge >= 0.3 is 0 Å². The van der Waals surface area contributed by atoms with Crippen molar-refractivity contribution in [3.8, 4) is 0 Å². The van der Waals surface area contributed by atoms with Gasteiger partial charge in [-0.3, -0.25) is 0 Å². The average Bonchev–Trinajstić information content (AvgIpc) is 2.54. The van der Waals surface area contributed by atoms with E-state index in [1.807, 2.05) is 0 Å². The Bertz CT molecular complexity index is 199. The van der Waals surface area contributed by atoms with Crippen LogP contribution < -0.4 is 0 Å². The summed E-state index contributed by atoms with van der Waals surface area (Å²) in [5, 5.41) is 54.7. The third kappa shape index (κ3) is 2.45. The van der Waals surface area contributed by atoms with Crippen LogP contribution in [0.15, 0.2) is 0 Å². The Balaban J connectivity index is 2.64. The van der Waals surface area contributed by atoms with Crippen LogP contribution in [0.5, 0.6) is 0 Å². The highest BCUT2D eigenvalue weighted by Gasteiger charge is 2.47. The van der Waals surface area contributed by atoms with E-state index in [0.29, 0.717) is 0 Å². The second-order valence-electron chi connectivity index (χ2n) is 3.54. The summed E-state index contributed by atoms with van der Waals surface area (Å²) in [5.41, 5.74) is 0. The largest absolute Gasteiger partial charge is 0.394 e. The molecule has 1 rings (SSSR count). The van der Waals surface area contributed by atoms with E-state index in [4.69, 9.17) is 20.1 Å². The Morgan fingerprint density at radius 1 is 1.07 bits per heavy atom. The normalized spacial score (nSPS) is 40.4. The molecule has 0 bridgehead atoms. The lowest BCUT2D eigenvalue weighted by Gasteiger charge is -2.24. The molecule has 0 aromatic rings. The van der Waals surface area contributed by atoms with E-state index < -0.39 is 49.8 Å². The maximum absolute atomic E-state index is 9.43. The van der Waals surface area contributed by atoms with Gasteiger partial charge in [0.15, 0.2) is 0 Å². The van der Waals surface area contributed by atoms with Crippen LogP contribution in [0, 0.1) is 0 Å². The lowest BCUT2D eigenvalue weighted by Crippen LogP contribution is -2.46. The molecule has 6 atom stereocenters. The van der Waals surface area contributed by atoms with Gasteiger partial charge in [-0.1, -0.05) is 0 Å². The van der Waals surface area contributed by atoms with E-state index in [2.05, 4.69) is 0 Å². The van der Waals surface area contributed by atoms with E-state index in [0.717, 1.165) is 0 Å². The molecule has 0 radical (unpaired) electrons. The van der Waals surface area contributed by atoms with Crippen molar-refractivity contribution in [3.05, 3.63) is 0 Å². The molecule has 1 heterocycles. The molecule has 0 spiro atoms. The maximum Gasteiger partial charge on any atom is 0.115 e. The van der Waals surface area contributed by atoms with Crippen molar-refractivity contribution in [2.75, 3.05) is 13.2 Å². The number of ether oxygens (including phenoxy) is 1. The van der Waals surface area contributed by atoms with E-state index in [-0.39, 0.29) is 0 Å². The fourth-order valence-electron chi connectivity index (χ4n) is 1.54.